The number of carbonyl (C=O) groups excluding carboxylic acids is 1. The molecule has 0 radical (unpaired) electrons. The minimum Gasteiger partial charge on any atom is -0.348 e. The molecule has 33 heavy (non-hydrogen) atoms. The van der Waals surface area contributed by atoms with Gasteiger partial charge in [0.25, 0.3) is 5.91 Å². The molecule has 2 N–H and O–H groups in total. The Bertz CT molecular complexity index is 1200. The number of sulfonamides is 1. The van der Waals surface area contributed by atoms with Crippen LogP contribution in [0.15, 0.2) is 77.7 Å². The second kappa shape index (κ2) is 10.7. The smallest absolute Gasteiger partial charge is 0.251 e. The van der Waals surface area contributed by atoms with Crippen LogP contribution in [0.1, 0.15) is 35.3 Å². The maximum atomic E-state index is 12.8. The monoisotopic (exact) mass is 465 g/mol. The molecule has 0 fully saturated rings. The Balaban J connectivity index is 1.75. The highest BCUT2D eigenvalue weighted by Gasteiger charge is 2.17. The number of hydrogen-bond acceptors (Lipinski definition) is 4. The summed E-state index contributed by atoms with van der Waals surface area (Å²) in [5.41, 5.74) is 4.64. The molecule has 174 valence electrons. The van der Waals surface area contributed by atoms with E-state index in [1.807, 2.05) is 38.4 Å². The van der Waals surface area contributed by atoms with Gasteiger partial charge in [-0.05, 0) is 68.4 Å². The maximum absolute atomic E-state index is 12.8. The molecule has 3 rings (SSSR count). The first-order chi connectivity index (χ1) is 15.7. The van der Waals surface area contributed by atoms with Crippen LogP contribution in [0.2, 0.25) is 0 Å². The highest BCUT2D eigenvalue weighted by molar-refractivity contribution is 7.89. The first-order valence-corrected chi connectivity index (χ1v) is 12.4. The molecule has 0 aliphatic carbocycles. The van der Waals surface area contributed by atoms with Crippen LogP contribution >= 0.6 is 0 Å². The van der Waals surface area contributed by atoms with E-state index in [4.69, 9.17) is 0 Å². The van der Waals surface area contributed by atoms with Crippen LogP contribution < -0.4 is 10.0 Å². The van der Waals surface area contributed by atoms with Crippen molar-refractivity contribution < 1.29 is 13.2 Å². The number of hydrogen-bond donors (Lipinski definition) is 2. The van der Waals surface area contributed by atoms with Crippen molar-refractivity contribution in [2.24, 2.45) is 0 Å². The summed E-state index contributed by atoms with van der Waals surface area (Å²) in [7, 11) is 0.409. The molecular weight excluding hydrogens is 434 g/mol. The van der Waals surface area contributed by atoms with Crippen molar-refractivity contribution in [2.75, 3.05) is 14.1 Å². The summed E-state index contributed by atoms with van der Waals surface area (Å²) in [5, 5.41) is 2.92. The van der Waals surface area contributed by atoms with E-state index in [0.29, 0.717) is 12.1 Å². The second-order valence-corrected chi connectivity index (χ2v) is 10.3. The van der Waals surface area contributed by atoms with E-state index < -0.39 is 10.0 Å². The summed E-state index contributed by atoms with van der Waals surface area (Å²) >= 11 is 0. The fraction of sp³-hybridized carbons (Fsp3) is 0.269. The summed E-state index contributed by atoms with van der Waals surface area (Å²) in [6.07, 6.45) is 0. The molecule has 3 aromatic rings. The van der Waals surface area contributed by atoms with E-state index in [1.165, 1.54) is 17.7 Å². The van der Waals surface area contributed by atoms with Gasteiger partial charge in [-0.2, -0.15) is 0 Å². The minimum atomic E-state index is -3.67. The van der Waals surface area contributed by atoms with Gasteiger partial charge in [0.2, 0.25) is 10.0 Å². The third kappa shape index (κ3) is 6.74. The standard InChI is InChI=1S/C26H31N3O3S/c1-19(2)28-33(31,32)24-10-7-9-22(16-24)26(30)27-17-23-8-5-6-11-25(23)21-14-12-20(13-15-21)18-29(3)4/h5-16,19,28H,17-18H2,1-4H3,(H,27,30). The average Bonchev–Trinajstić information content (AvgIpc) is 2.77. The summed E-state index contributed by atoms with van der Waals surface area (Å²) in [4.78, 5) is 15.0. The molecule has 0 spiro atoms. The number of nitrogens with one attached hydrogen (secondary N) is 2. The molecule has 7 heteroatoms. The third-order valence-corrected chi connectivity index (χ3v) is 6.67. The lowest BCUT2D eigenvalue weighted by Crippen LogP contribution is -2.30. The predicted molar refractivity (Wildman–Crippen MR) is 132 cm³/mol. The van der Waals surface area contributed by atoms with Gasteiger partial charge in [-0.1, -0.05) is 54.6 Å². The van der Waals surface area contributed by atoms with Gasteiger partial charge < -0.3 is 10.2 Å². The van der Waals surface area contributed by atoms with Crippen LogP contribution in [0, 0.1) is 0 Å². The lowest BCUT2D eigenvalue weighted by atomic mass is 9.98. The van der Waals surface area contributed by atoms with E-state index in [9.17, 15) is 13.2 Å². The largest absolute Gasteiger partial charge is 0.348 e. The SMILES string of the molecule is CC(C)NS(=O)(=O)c1cccc(C(=O)NCc2ccccc2-c2ccc(CN(C)C)cc2)c1. The first kappa shape index (κ1) is 24.6. The number of nitrogens with zero attached hydrogens (tertiary/aromatic N) is 1. The van der Waals surface area contributed by atoms with Crippen molar-refractivity contribution in [1.82, 2.24) is 14.9 Å². The van der Waals surface area contributed by atoms with E-state index in [2.05, 4.69) is 39.2 Å². The lowest BCUT2D eigenvalue weighted by Gasteiger charge is -2.14. The van der Waals surface area contributed by atoms with Gasteiger partial charge in [0.15, 0.2) is 0 Å². The number of benzene rings is 3. The molecule has 0 aliphatic rings. The van der Waals surface area contributed by atoms with E-state index in [1.54, 1.807) is 26.0 Å². The summed E-state index contributed by atoms with van der Waals surface area (Å²) < 4.78 is 27.4. The van der Waals surface area contributed by atoms with Gasteiger partial charge in [0, 0.05) is 24.7 Å². The van der Waals surface area contributed by atoms with Gasteiger partial charge >= 0.3 is 0 Å². The Morgan fingerprint density at radius 3 is 2.30 bits per heavy atom. The Labute approximate surface area is 196 Å². The molecule has 1 amide bonds. The fourth-order valence-corrected chi connectivity index (χ4v) is 4.87. The van der Waals surface area contributed by atoms with Crippen LogP contribution in [0.4, 0.5) is 0 Å². The van der Waals surface area contributed by atoms with Gasteiger partial charge in [0.1, 0.15) is 0 Å². The van der Waals surface area contributed by atoms with Crippen molar-refractivity contribution in [3.05, 3.63) is 89.5 Å². The van der Waals surface area contributed by atoms with Crippen molar-refractivity contribution in [1.29, 1.82) is 0 Å². The first-order valence-electron chi connectivity index (χ1n) is 10.9. The van der Waals surface area contributed by atoms with Crippen LogP contribution in [0.3, 0.4) is 0 Å². The van der Waals surface area contributed by atoms with E-state index in [-0.39, 0.29) is 16.8 Å². The van der Waals surface area contributed by atoms with E-state index in [0.717, 1.165) is 23.2 Å². The second-order valence-electron chi connectivity index (χ2n) is 8.58. The van der Waals surface area contributed by atoms with Gasteiger partial charge in [-0.15, -0.1) is 0 Å². The normalized spacial score (nSPS) is 11.7. The number of rotatable bonds is 9. The van der Waals surface area contributed by atoms with Crippen LogP contribution in [-0.2, 0) is 23.1 Å². The van der Waals surface area contributed by atoms with Crippen LogP contribution in [0.5, 0.6) is 0 Å². The summed E-state index contributed by atoms with van der Waals surface area (Å²) in [5.74, 6) is -0.326. The van der Waals surface area contributed by atoms with E-state index >= 15 is 0 Å². The molecule has 6 nitrogen and oxygen atoms in total. The number of amides is 1. The minimum absolute atomic E-state index is 0.0714. The summed E-state index contributed by atoms with van der Waals surface area (Å²) in [6.45, 7) is 4.71. The molecule has 0 atom stereocenters. The number of carbonyl (C=O) groups is 1. The Morgan fingerprint density at radius 2 is 1.64 bits per heavy atom. The third-order valence-electron chi connectivity index (χ3n) is 5.02. The molecule has 0 aliphatic heterocycles. The average molecular weight is 466 g/mol. The van der Waals surface area contributed by atoms with Crippen molar-refractivity contribution in [3.63, 3.8) is 0 Å². The zero-order chi connectivity index (χ0) is 24.0. The zero-order valence-corrected chi connectivity index (χ0v) is 20.3. The molecule has 0 bridgehead atoms. The lowest BCUT2D eigenvalue weighted by molar-refractivity contribution is 0.0950. The quantitative estimate of drug-likeness (QED) is 0.500. The molecular formula is C26H31N3O3S. The molecule has 0 heterocycles. The maximum Gasteiger partial charge on any atom is 0.251 e. The molecule has 3 aromatic carbocycles. The predicted octanol–water partition coefficient (Wildman–Crippen LogP) is 4.03. The summed E-state index contributed by atoms with van der Waals surface area (Å²) in [6, 6.07) is 22.2. The Kier molecular flexibility index (Phi) is 8.02. The van der Waals surface area contributed by atoms with Crippen molar-refractivity contribution in [3.8, 4) is 11.1 Å². The van der Waals surface area contributed by atoms with Crippen molar-refractivity contribution in [2.45, 2.75) is 37.9 Å². The highest BCUT2D eigenvalue weighted by atomic mass is 32.2. The topological polar surface area (TPSA) is 78.5 Å². The highest BCUT2D eigenvalue weighted by Crippen LogP contribution is 2.24. The molecule has 0 saturated heterocycles. The molecule has 0 saturated carbocycles. The van der Waals surface area contributed by atoms with Crippen LogP contribution in [0.25, 0.3) is 11.1 Å². The zero-order valence-electron chi connectivity index (χ0n) is 19.5. The van der Waals surface area contributed by atoms with Gasteiger partial charge in [-0.25, -0.2) is 13.1 Å². The van der Waals surface area contributed by atoms with Gasteiger partial charge in [0.05, 0.1) is 4.90 Å². The van der Waals surface area contributed by atoms with Crippen molar-refractivity contribution >= 4 is 15.9 Å². The Morgan fingerprint density at radius 1 is 0.939 bits per heavy atom. The van der Waals surface area contributed by atoms with Gasteiger partial charge in [-0.3, -0.25) is 4.79 Å². The van der Waals surface area contributed by atoms with Crippen LogP contribution in [-0.4, -0.2) is 39.4 Å². The molecule has 0 unspecified atom stereocenters. The molecule has 0 aromatic heterocycles. The fourth-order valence-electron chi connectivity index (χ4n) is 3.57. The Hall–Kier alpha value is -3.00.